The van der Waals surface area contributed by atoms with Crippen LogP contribution in [0.3, 0.4) is 0 Å². The van der Waals surface area contributed by atoms with E-state index >= 15 is 0 Å². The van der Waals surface area contributed by atoms with Gasteiger partial charge in [-0.2, -0.15) is 0 Å². The highest BCUT2D eigenvalue weighted by molar-refractivity contribution is 5.36. The minimum atomic E-state index is 0.562. The molecule has 0 bridgehead atoms. The summed E-state index contributed by atoms with van der Waals surface area (Å²) in [5.74, 6) is 1.03. The van der Waals surface area contributed by atoms with E-state index in [-0.39, 0.29) is 0 Å². The van der Waals surface area contributed by atoms with Crippen LogP contribution in [0.25, 0.3) is 0 Å². The molecule has 18 heavy (non-hydrogen) atoms. The Bertz CT molecular complexity index is 359. The van der Waals surface area contributed by atoms with E-state index in [1.807, 2.05) is 0 Å². The Balaban J connectivity index is 2.09. The van der Waals surface area contributed by atoms with Crippen LogP contribution in [0.2, 0.25) is 0 Å². The Morgan fingerprint density at radius 3 is 2.44 bits per heavy atom. The van der Waals surface area contributed by atoms with Crippen molar-refractivity contribution >= 4 is 0 Å². The van der Waals surface area contributed by atoms with Gasteiger partial charge in [0.15, 0.2) is 0 Å². The molecule has 1 aliphatic carbocycles. The number of hydrogen-bond donors (Lipinski definition) is 1. The van der Waals surface area contributed by atoms with Gasteiger partial charge >= 0.3 is 0 Å². The van der Waals surface area contributed by atoms with Gasteiger partial charge in [0.1, 0.15) is 0 Å². The van der Waals surface area contributed by atoms with Crippen LogP contribution in [0.1, 0.15) is 61.8 Å². The fourth-order valence-electron chi connectivity index (χ4n) is 2.85. The summed E-state index contributed by atoms with van der Waals surface area (Å²) < 4.78 is 0. The standard InChI is InChI=1S/C17H27N/c1-4-12-18-16(11-10-15-8-9-15)17-13(2)6-5-7-14(17)3/h5-7,15-16,18H,4,8-12H2,1-3H3. The zero-order valence-corrected chi connectivity index (χ0v) is 12.1. The topological polar surface area (TPSA) is 12.0 Å². The molecular formula is C17H27N. The normalized spacial score (nSPS) is 16.8. The molecule has 1 unspecified atom stereocenters. The molecule has 0 radical (unpaired) electrons. The molecule has 0 spiro atoms. The summed E-state index contributed by atoms with van der Waals surface area (Å²) in [4.78, 5) is 0. The lowest BCUT2D eigenvalue weighted by molar-refractivity contribution is 0.467. The maximum absolute atomic E-state index is 3.75. The van der Waals surface area contributed by atoms with Crippen molar-refractivity contribution in [1.29, 1.82) is 0 Å². The molecule has 0 saturated heterocycles. The molecule has 0 heterocycles. The second-order valence-electron chi connectivity index (χ2n) is 5.83. The van der Waals surface area contributed by atoms with E-state index in [9.17, 15) is 0 Å². The van der Waals surface area contributed by atoms with Crippen LogP contribution in [0.15, 0.2) is 18.2 Å². The second-order valence-corrected chi connectivity index (χ2v) is 5.83. The van der Waals surface area contributed by atoms with Crippen molar-refractivity contribution in [2.24, 2.45) is 5.92 Å². The van der Waals surface area contributed by atoms with Crippen molar-refractivity contribution in [2.45, 2.75) is 58.9 Å². The number of rotatable bonds is 7. The molecule has 1 saturated carbocycles. The van der Waals surface area contributed by atoms with Crippen molar-refractivity contribution < 1.29 is 0 Å². The highest BCUT2D eigenvalue weighted by Crippen LogP contribution is 2.36. The lowest BCUT2D eigenvalue weighted by Gasteiger charge is -2.23. The first kappa shape index (κ1) is 13.6. The zero-order chi connectivity index (χ0) is 13.0. The zero-order valence-electron chi connectivity index (χ0n) is 12.1. The van der Waals surface area contributed by atoms with Gasteiger partial charge in [0.2, 0.25) is 0 Å². The summed E-state index contributed by atoms with van der Waals surface area (Å²) in [6, 6.07) is 7.23. The van der Waals surface area contributed by atoms with Gasteiger partial charge in [-0.3, -0.25) is 0 Å². The Hall–Kier alpha value is -0.820. The molecule has 0 amide bonds. The fraction of sp³-hybridized carbons (Fsp3) is 0.647. The monoisotopic (exact) mass is 245 g/mol. The van der Waals surface area contributed by atoms with Crippen LogP contribution < -0.4 is 5.32 Å². The lowest BCUT2D eigenvalue weighted by Crippen LogP contribution is -2.23. The molecular weight excluding hydrogens is 218 g/mol. The Kier molecular flexibility index (Phi) is 4.82. The molecule has 1 atom stereocenters. The maximum atomic E-state index is 3.75. The van der Waals surface area contributed by atoms with Gasteiger partial charge in [-0.15, -0.1) is 0 Å². The van der Waals surface area contributed by atoms with Crippen LogP contribution in [-0.2, 0) is 0 Å². The van der Waals surface area contributed by atoms with E-state index < -0.39 is 0 Å². The highest BCUT2D eigenvalue weighted by Gasteiger charge is 2.23. The molecule has 2 rings (SSSR count). The first-order valence-corrected chi connectivity index (χ1v) is 7.52. The van der Waals surface area contributed by atoms with Gasteiger partial charge in [0, 0.05) is 6.04 Å². The molecule has 100 valence electrons. The van der Waals surface area contributed by atoms with Gasteiger partial charge < -0.3 is 5.32 Å². The van der Waals surface area contributed by atoms with Gasteiger partial charge in [-0.1, -0.05) is 38.0 Å². The maximum Gasteiger partial charge on any atom is 0.0325 e. The summed E-state index contributed by atoms with van der Waals surface area (Å²) in [6.45, 7) is 7.87. The van der Waals surface area contributed by atoms with E-state index in [0.29, 0.717) is 6.04 Å². The smallest absolute Gasteiger partial charge is 0.0325 e. The third-order valence-electron chi connectivity index (χ3n) is 4.09. The molecule has 1 heteroatoms. The predicted molar refractivity (Wildman–Crippen MR) is 78.9 cm³/mol. The molecule has 1 N–H and O–H groups in total. The Morgan fingerprint density at radius 1 is 1.22 bits per heavy atom. The molecule has 1 aromatic carbocycles. The summed E-state index contributed by atoms with van der Waals surface area (Å²) in [6.07, 6.45) is 6.84. The van der Waals surface area contributed by atoms with E-state index in [2.05, 4.69) is 44.3 Å². The van der Waals surface area contributed by atoms with Gasteiger partial charge in [0.05, 0.1) is 0 Å². The molecule has 0 aromatic heterocycles. The molecule has 1 nitrogen and oxygen atoms in total. The first-order valence-electron chi connectivity index (χ1n) is 7.52. The fourth-order valence-corrected chi connectivity index (χ4v) is 2.85. The summed E-state index contributed by atoms with van der Waals surface area (Å²) in [7, 11) is 0. The van der Waals surface area contributed by atoms with Crippen molar-refractivity contribution in [3.63, 3.8) is 0 Å². The van der Waals surface area contributed by atoms with E-state index in [4.69, 9.17) is 0 Å². The largest absolute Gasteiger partial charge is 0.310 e. The van der Waals surface area contributed by atoms with Gasteiger partial charge in [-0.25, -0.2) is 0 Å². The number of aryl methyl sites for hydroxylation is 2. The van der Waals surface area contributed by atoms with Crippen LogP contribution in [-0.4, -0.2) is 6.54 Å². The minimum absolute atomic E-state index is 0.562. The van der Waals surface area contributed by atoms with Crippen molar-refractivity contribution in [2.75, 3.05) is 6.54 Å². The van der Waals surface area contributed by atoms with Crippen LogP contribution in [0.4, 0.5) is 0 Å². The van der Waals surface area contributed by atoms with E-state index in [0.717, 1.165) is 12.5 Å². The van der Waals surface area contributed by atoms with Gasteiger partial charge in [0.25, 0.3) is 0 Å². The van der Waals surface area contributed by atoms with Gasteiger partial charge in [-0.05, 0) is 62.3 Å². The summed E-state index contributed by atoms with van der Waals surface area (Å²) in [5, 5.41) is 3.75. The predicted octanol–water partition coefficient (Wildman–Crippen LogP) is 4.53. The number of nitrogens with one attached hydrogen (secondary N) is 1. The Morgan fingerprint density at radius 2 is 1.89 bits per heavy atom. The van der Waals surface area contributed by atoms with Crippen LogP contribution >= 0.6 is 0 Å². The lowest BCUT2D eigenvalue weighted by atomic mass is 9.92. The third-order valence-corrected chi connectivity index (χ3v) is 4.09. The van der Waals surface area contributed by atoms with E-state index in [1.165, 1.54) is 43.2 Å². The summed E-state index contributed by atoms with van der Waals surface area (Å²) >= 11 is 0. The number of hydrogen-bond acceptors (Lipinski definition) is 1. The molecule has 1 aliphatic rings. The first-order chi connectivity index (χ1) is 8.72. The molecule has 1 aromatic rings. The van der Waals surface area contributed by atoms with Crippen molar-refractivity contribution in [1.82, 2.24) is 5.32 Å². The third kappa shape index (κ3) is 3.58. The average molecular weight is 245 g/mol. The van der Waals surface area contributed by atoms with Crippen molar-refractivity contribution in [3.05, 3.63) is 34.9 Å². The molecule has 0 aliphatic heterocycles. The highest BCUT2D eigenvalue weighted by atomic mass is 14.9. The molecule has 1 fully saturated rings. The van der Waals surface area contributed by atoms with Crippen molar-refractivity contribution in [3.8, 4) is 0 Å². The minimum Gasteiger partial charge on any atom is -0.310 e. The Labute approximate surface area is 112 Å². The average Bonchev–Trinajstić information content (AvgIpc) is 3.15. The van der Waals surface area contributed by atoms with E-state index in [1.54, 1.807) is 5.56 Å². The summed E-state index contributed by atoms with van der Waals surface area (Å²) in [5.41, 5.74) is 4.44. The number of benzene rings is 1. The quantitative estimate of drug-likeness (QED) is 0.744. The second kappa shape index (κ2) is 6.38. The van der Waals surface area contributed by atoms with Crippen LogP contribution in [0, 0.1) is 19.8 Å². The van der Waals surface area contributed by atoms with Crippen LogP contribution in [0.5, 0.6) is 0 Å². The SMILES string of the molecule is CCCNC(CCC1CC1)c1c(C)cccc1C.